The Morgan fingerprint density at radius 3 is 2.59 bits per heavy atom. The highest BCUT2D eigenvalue weighted by atomic mass is 35.5. The van der Waals surface area contributed by atoms with Gasteiger partial charge in [0.15, 0.2) is 11.0 Å². The van der Waals surface area contributed by atoms with Crippen molar-refractivity contribution < 1.29 is 9.21 Å². The first-order valence-electron chi connectivity index (χ1n) is 9.05. The van der Waals surface area contributed by atoms with E-state index in [1.807, 2.05) is 30.3 Å². The number of carbonyl (C=O) groups excluding carboxylic acids is 1. The maximum Gasteiger partial charge on any atom is 0.255 e. The van der Waals surface area contributed by atoms with Crippen molar-refractivity contribution >= 4 is 28.5 Å². The van der Waals surface area contributed by atoms with Gasteiger partial charge in [-0.2, -0.15) is 0 Å². The fraction of sp³-hybridized carbons (Fsp3) is 0.0870. The van der Waals surface area contributed by atoms with Crippen molar-refractivity contribution in [3.8, 4) is 11.3 Å². The van der Waals surface area contributed by atoms with E-state index in [1.165, 1.54) is 0 Å². The van der Waals surface area contributed by atoms with Crippen molar-refractivity contribution in [1.82, 2.24) is 10.3 Å². The van der Waals surface area contributed by atoms with Gasteiger partial charge < -0.3 is 9.73 Å². The Labute approximate surface area is 172 Å². The van der Waals surface area contributed by atoms with Crippen molar-refractivity contribution in [2.24, 2.45) is 0 Å². The summed E-state index contributed by atoms with van der Waals surface area (Å²) in [6, 6.07) is 17.8. The van der Waals surface area contributed by atoms with Crippen LogP contribution in [0.1, 0.15) is 21.5 Å². The molecule has 2 heterocycles. The van der Waals surface area contributed by atoms with Crippen LogP contribution in [-0.2, 0) is 6.54 Å². The number of benzene rings is 2. The molecule has 0 unspecified atom stereocenters. The minimum Gasteiger partial charge on any atom is -0.455 e. The molecule has 0 radical (unpaired) electrons. The molecule has 0 saturated heterocycles. The Morgan fingerprint density at radius 1 is 1.07 bits per heavy atom. The average molecular weight is 405 g/mol. The molecule has 144 valence electrons. The number of carbonyl (C=O) groups is 1. The van der Waals surface area contributed by atoms with Gasteiger partial charge in [-0.05, 0) is 30.7 Å². The van der Waals surface area contributed by atoms with Crippen LogP contribution in [0.25, 0.3) is 22.3 Å². The first kappa shape index (κ1) is 18.9. The number of aromatic nitrogens is 1. The lowest BCUT2D eigenvalue weighted by Crippen LogP contribution is -2.23. The summed E-state index contributed by atoms with van der Waals surface area (Å²) in [7, 11) is 0. The van der Waals surface area contributed by atoms with E-state index in [4.69, 9.17) is 16.0 Å². The predicted molar refractivity (Wildman–Crippen MR) is 113 cm³/mol. The first-order chi connectivity index (χ1) is 14.0. The van der Waals surface area contributed by atoms with Crippen LogP contribution >= 0.6 is 11.6 Å². The molecule has 0 fully saturated rings. The molecule has 0 aliphatic heterocycles. The number of rotatable bonds is 4. The van der Waals surface area contributed by atoms with Gasteiger partial charge in [0.2, 0.25) is 0 Å². The lowest BCUT2D eigenvalue weighted by atomic mass is 10.0. The molecule has 0 aliphatic rings. The number of pyridine rings is 1. The molecule has 5 nitrogen and oxygen atoms in total. The van der Waals surface area contributed by atoms with E-state index in [0.29, 0.717) is 27.4 Å². The van der Waals surface area contributed by atoms with E-state index in [1.54, 1.807) is 43.5 Å². The van der Waals surface area contributed by atoms with Crippen molar-refractivity contribution in [3.05, 3.63) is 98.9 Å². The second-order valence-electron chi connectivity index (χ2n) is 6.61. The minimum absolute atomic E-state index is 0.151. The molecular formula is C23H17ClN2O3. The van der Waals surface area contributed by atoms with Gasteiger partial charge in [0.25, 0.3) is 5.91 Å². The van der Waals surface area contributed by atoms with E-state index in [0.717, 1.165) is 11.1 Å². The standard InChI is InChI=1S/C23H17ClN2O3/c1-14-20(27)17-8-5-9-18(22(17)29-21(14)16-6-3-2-4-7-16)23(28)26-13-15-10-11-19(24)25-12-15/h2-12H,13H2,1H3,(H,26,28). The molecule has 1 N–H and O–H groups in total. The number of hydrogen-bond donors (Lipinski definition) is 1. The van der Waals surface area contributed by atoms with Crippen LogP contribution in [0.4, 0.5) is 0 Å². The lowest BCUT2D eigenvalue weighted by molar-refractivity contribution is 0.0951. The highest BCUT2D eigenvalue weighted by molar-refractivity contribution is 6.29. The van der Waals surface area contributed by atoms with Crippen LogP contribution in [0.3, 0.4) is 0 Å². The third-order valence-corrected chi connectivity index (χ3v) is 4.89. The van der Waals surface area contributed by atoms with Gasteiger partial charge in [-0.1, -0.05) is 54.1 Å². The van der Waals surface area contributed by atoms with Crippen LogP contribution in [0.5, 0.6) is 0 Å². The molecule has 29 heavy (non-hydrogen) atoms. The SMILES string of the molecule is Cc1c(-c2ccccc2)oc2c(C(=O)NCc3ccc(Cl)nc3)cccc2c1=O. The number of halogens is 1. The molecule has 0 spiro atoms. The summed E-state index contributed by atoms with van der Waals surface area (Å²) in [5.41, 5.74) is 2.53. The third-order valence-electron chi connectivity index (χ3n) is 4.67. The zero-order chi connectivity index (χ0) is 20.4. The maximum absolute atomic E-state index is 12.9. The smallest absolute Gasteiger partial charge is 0.255 e. The summed E-state index contributed by atoms with van der Waals surface area (Å²) in [5, 5.41) is 3.60. The highest BCUT2D eigenvalue weighted by Crippen LogP contribution is 2.27. The van der Waals surface area contributed by atoms with E-state index in [-0.39, 0.29) is 23.5 Å². The zero-order valence-corrected chi connectivity index (χ0v) is 16.4. The van der Waals surface area contributed by atoms with E-state index in [2.05, 4.69) is 10.3 Å². The molecule has 0 saturated carbocycles. The van der Waals surface area contributed by atoms with Crippen molar-refractivity contribution in [1.29, 1.82) is 0 Å². The van der Waals surface area contributed by atoms with Crippen LogP contribution in [0.2, 0.25) is 5.15 Å². The number of nitrogens with one attached hydrogen (secondary N) is 1. The molecule has 2 aromatic carbocycles. The summed E-state index contributed by atoms with van der Waals surface area (Å²) >= 11 is 5.79. The predicted octanol–water partition coefficient (Wildman–Crippen LogP) is 4.75. The van der Waals surface area contributed by atoms with E-state index >= 15 is 0 Å². The monoisotopic (exact) mass is 404 g/mol. The fourth-order valence-corrected chi connectivity index (χ4v) is 3.25. The van der Waals surface area contributed by atoms with Gasteiger partial charge in [-0.3, -0.25) is 9.59 Å². The van der Waals surface area contributed by atoms with Crippen LogP contribution in [0, 0.1) is 6.92 Å². The summed E-state index contributed by atoms with van der Waals surface area (Å²) in [6.45, 7) is 2.01. The Morgan fingerprint density at radius 2 is 1.86 bits per heavy atom. The molecule has 4 aromatic rings. The number of amides is 1. The van der Waals surface area contributed by atoms with Gasteiger partial charge >= 0.3 is 0 Å². The normalized spacial score (nSPS) is 10.8. The van der Waals surface area contributed by atoms with Gasteiger partial charge in [0.05, 0.1) is 10.9 Å². The largest absolute Gasteiger partial charge is 0.455 e. The Hall–Kier alpha value is -3.44. The number of para-hydroxylation sites is 1. The summed E-state index contributed by atoms with van der Waals surface area (Å²) < 4.78 is 6.09. The Kier molecular flexibility index (Phi) is 5.14. The molecule has 1 amide bonds. The molecule has 0 aliphatic carbocycles. The topological polar surface area (TPSA) is 72.2 Å². The van der Waals surface area contributed by atoms with Gasteiger partial charge in [-0.25, -0.2) is 4.98 Å². The molecule has 6 heteroatoms. The van der Waals surface area contributed by atoms with Crippen LogP contribution in [0.15, 0.2) is 76.1 Å². The molecular weight excluding hydrogens is 388 g/mol. The zero-order valence-electron chi connectivity index (χ0n) is 15.6. The van der Waals surface area contributed by atoms with Gasteiger partial charge in [-0.15, -0.1) is 0 Å². The molecule has 4 rings (SSSR count). The summed E-state index contributed by atoms with van der Waals surface area (Å²) in [6.07, 6.45) is 1.60. The van der Waals surface area contributed by atoms with E-state index < -0.39 is 0 Å². The Balaban J connectivity index is 1.74. The summed E-state index contributed by atoms with van der Waals surface area (Å²) in [5.74, 6) is 0.127. The summed E-state index contributed by atoms with van der Waals surface area (Å²) in [4.78, 5) is 29.7. The molecule has 0 atom stereocenters. The second kappa shape index (κ2) is 7.89. The second-order valence-corrected chi connectivity index (χ2v) is 6.99. The van der Waals surface area contributed by atoms with Crippen LogP contribution < -0.4 is 10.7 Å². The van der Waals surface area contributed by atoms with Crippen LogP contribution in [-0.4, -0.2) is 10.9 Å². The molecule has 0 bridgehead atoms. The minimum atomic E-state index is -0.337. The first-order valence-corrected chi connectivity index (χ1v) is 9.43. The Bertz CT molecular complexity index is 1250. The number of fused-ring (bicyclic) bond motifs is 1. The van der Waals surface area contributed by atoms with E-state index in [9.17, 15) is 9.59 Å². The van der Waals surface area contributed by atoms with Gasteiger partial charge in [0.1, 0.15) is 10.9 Å². The quantitative estimate of drug-likeness (QED) is 0.498. The number of hydrogen-bond acceptors (Lipinski definition) is 4. The van der Waals surface area contributed by atoms with Crippen molar-refractivity contribution in [3.63, 3.8) is 0 Å². The third kappa shape index (κ3) is 3.77. The average Bonchev–Trinajstić information content (AvgIpc) is 2.76. The molecule has 2 aromatic heterocycles. The maximum atomic E-state index is 12.9. The van der Waals surface area contributed by atoms with Crippen molar-refractivity contribution in [2.45, 2.75) is 13.5 Å². The van der Waals surface area contributed by atoms with Crippen molar-refractivity contribution in [2.75, 3.05) is 0 Å². The number of nitrogens with zero attached hydrogens (tertiary/aromatic N) is 1. The van der Waals surface area contributed by atoms with Gasteiger partial charge in [0, 0.05) is 23.9 Å². The lowest BCUT2D eigenvalue weighted by Gasteiger charge is -2.11. The fourth-order valence-electron chi connectivity index (χ4n) is 3.14. The highest BCUT2D eigenvalue weighted by Gasteiger charge is 2.18.